The SMILES string of the molecule is CCn1cc(OC(=O)O)c(=O)c2cc(F)c(N3CCNC(C)C3)cc21. The van der Waals surface area contributed by atoms with Crippen LogP contribution in [0.5, 0.6) is 5.75 Å². The van der Waals surface area contributed by atoms with Gasteiger partial charge in [0.05, 0.1) is 22.8 Å². The van der Waals surface area contributed by atoms with E-state index in [-0.39, 0.29) is 17.2 Å². The lowest BCUT2D eigenvalue weighted by atomic mass is 10.1. The number of aromatic nitrogens is 1. The van der Waals surface area contributed by atoms with Crippen molar-refractivity contribution in [2.75, 3.05) is 24.5 Å². The molecule has 0 amide bonds. The number of benzene rings is 1. The molecule has 2 aromatic rings. The van der Waals surface area contributed by atoms with Gasteiger partial charge in [-0.25, -0.2) is 9.18 Å². The number of hydrogen-bond acceptors (Lipinski definition) is 5. The fourth-order valence-corrected chi connectivity index (χ4v) is 3.19. The van der Waals surface area contributed by atoms with Crippen molar-refractivity contribution in [2.24, 2.45) is 0 Å². The van der Waals surface area contributed by atoms with Gasteiger partial charge in [-0.1, -0.05) is 0 Å². The summed E-state index contributed by atoms with van der Waals surface area (Å²) in [6.07, 6.45) is -0.230. The summed E-state index contributed by atoms with van der Waals surface area (Å²) in [4.78, 5) is 25.1. The molecule has 2 heterocycles. The minimum atomic E-state index is -1.58. The van der Waals surface area contributed by atoms with Gasteiger partial charge in [0, 0.05) is 32.2 Å². The molecule has 1 unspecified atom stereocenters. The van der Waals surface area contributed by atoms with Crippen molar-refractivity contribution < 1.29 is 19.0 Å². The number of carbonyl (C=O) groups is 1. The number of rotatable bonds is 3. The van der Waals surface area contributed by atoms with E-state index in [1.165, 1.54) is 12.3 Å². The minimum Gasteiger partial charge on any atom is -0.449 e. The Hall–Kier alpha value is -2.61. The van der Waals surface area contributed by atoms with E-state index in [0.717, 1.165) is 6.54 Å². The van der Waals surface area contributed by atoms with Crippen LogP contribution in [0.15, 0.2) is 23.1 Å². The number of pyridine rings is 1. The van der Waals surface area contributed by atoms with E-state index in [9.17, 15) is 14.0 Å². The quantitative estimate of drug-likeness (QED) is 0.825. The summed E-state index contributed by atoms with van der Waals surface area (Å²) in [5.41, 5.74) is 0.350. The summed E-state index contributed by atoms with van der Waals surface area (Å²) < 4.78 is 20.9. The summed E-state index contributed by atoms with van der Waals surface area (Å²) in [5.74, 6) is -0.835. The van der Waals surface area contributed by atoms with Crippen LogP contribution in [0.1, 0.15) is 13.8 Å². The van der Waals surface area contributed by atoms with Crippen LogP contribution in [0.2, 0.25) is 0 Å². The molecule has 134 valence electrons. The highest BCUT2D eigenvalue weighted by molar-refractivity contribution is 5.84. The number of fused-ring (bicyclic) bond motifs is 1. The Labute approximate surface area is 143 Å². The Morgan fingerprint density at radius 3 is 2.88 bits per heavy atom. The number of nitrogens with zero attached hydrogens (tertiary/aromatic N) is 2. The third-order valence-electron chi connectivity index (χ3n) is 4.36. The van der Waals surface area contributed by atoms with Gasteiger partial charge in [0.15, 0.2) is 5.75 Å². The number of halogens is 1. The zero-order valence-electron chi connectivity index (χ0n) is 14.1. The van der Waals surface area contributed by atoms with Crippen LogP contribution in [0, 0.1) is 5.82 Å². The molecule has 0 radical (unpaired) electrons. The van der Waals surface area contributed by atoms with E-state index < -0.39 is 17.4 Å². The van der Waals surface area contributed by atoms with E-state index in [1.54, 1.807) is 10.6 Å². The number of piperazine rings is 1. The van der Waals surface area contributed by atoms with Crippen molar-refractivity contribution in [2.45, 2.75) is 26.4 Å². The average Bonchev–Trinajstić information content (AvgIpc) is 2.57. The van der Waals surface area contributed by atoms with Gasteiger partial charge in [0.1, 0.15) is 5.82 Å². The molecule has 0 bridgehead atoms. The molecule has 1 saturated heterocycles. The lowest BCUT2D eigenvalue weighted by Gasteiger charge is -2.34. The van der Waals surface area contributed by atoms with Crippen LogP contribution in [0.3, 0.4) is 0 Å². The summed E-state index contributed by atoms with van der Waals surface area (Å²) >= 11 is 0. The maximum Gasteiger partial charge on any atom is 0.511 e. The first-order valence-corrected chi connectivity index (χ1v) is 8.16. The Bertz CT molecular complexity index is 880. The molecule has 25 heavy (non-hydrogen) atoms. The highest BCUT2D eigenvalue weighted by atomic mass is 19.1. The van der Waals surface area contributed by atoms with Crippen molar-refractivity contribution in [1.29, 1.82) is 0 Å². The number of hydrogen-bond donors (Lipinski definition) is 2. The number of ether oxygens (including phenoxy) is 1. The Morgan fingerprint density at radius 1 is 1.48 bits per heavy atom. The molecule has 1 aromatic heterocycles. The van der Waals surface area contributed by atoms with Crippen molar-refractivity contribution >= 4 is 22.7 Å². The van der Waals surface area contributed by atoms with Gasteiger partial charge in [-0.3, -0.25) is 4.79 Å². The predicted octanol–water partition coefficient (Wildman–Crippen LogP) is 2.02. The lowest BCUT2D eigenvalue weighted by Crippen LogP contribution is -2.49. The maximum atomic E-state index is 14.7. The van der Waals surface area contributed by atoms with Gasteiger partial charge < -0.3 is 24.6 Å². The molecule has 3 rings (SSSR count). The Balaban J connectivity index is 2.16. The normalized spacial score (nSPS) is 17.7. The number of aryl methyl sites for hydroxylation is 1. The van der Waals surface area contributed by atoms with Crippen LogP contribution in [0.4, 0.5) is 14.9 Å². The van der Waals surface area contributed by atoms with Crippen molar-refractivity contribution in [3.8, 4) is 5.75 Å². The molecule has 8 heteroatoms. The van der Waals surface area contributed by atoms with Crippen molar-refractivity contribution in [3.05, 3.63) is 34.4 Å². The fourth-order valence-electron chi connectivity index (χ4n) is 3.19. The first-order valence-electron chi connectivity index (χ1n) is 8.16. The van der Waals surface area contributed by atoms with Gasteiger partial charge in [-0.05, 0) is 26.0 Å². The molecular weight excluding hydrogens is 329 g/mol. The van der Waals surface area contributed by atoms with Gasteiger partial charge in [-0.15, -0.1) is 0 Å². The fraction of sp³-hybridized carbons (Fsp3) is 0.412. The van der Waals surface area contributed by atoms with E-state index in [1.807, 2.05) is 18.7 Å². The second-order valence-corrected chi connectivity index (χ2v) is 6.10. The monoisotopic (exact) mass is 349 g/mol. The van der Waals surface area contributed by atoms with Crippen LogP contribution in [-0.4, -0.2) is 41.5 Å². The molecule has 2 N–H and O–H groups in total. The zero-order valence-corrected chi connectivity index (χ0v) is 14.1. The summed E-state index contributed by atoms with van der Waals surface area (Å²) in [7, 11) is 0. The molecule has 1 fully saturated rings. The Kier molecular flexibility index (Phi) is 4.63. The molecule has 1 aliphatic rings. The number of anilines is 1. The highest BCUT2D eigenvalue weighted by Crippen LogP contribution is 2.27. The van der Waals surface area contributed by atoms with Crippen LogP contribution < -0.4 is 20.4 Å². The molecule has 1 aliphatic heterocycles. The molecule has 1 aromatic carbocycles. The standard InChI is InChI=1S/C17H20FN3O4/c1-3-20-9-15(25-17(23)24)16(22)11-6-12(18)14(7-13(11)20)21-5-4-19-10(2)8-21/h6-7,9-10,19H,3-5,8H2,1-2H3,(H,23,24). The topological polar surface area (TPSA) is 83.8 Å². The first-order chi connectivity index (χ1) is 11.9. The minimum absolute atomic E-state index is 0.102. The largest absolute Gasteiger partial charge is 0.511 e. The molecule has 0 aliphatic carbocycles. The second-order valence-electron chi connectivity index (χ2n) is 6.10. The molecular formula is C17H20FN3O4. The number of carboxylic acid groups (broad SMARTS) is 1. The lowest BCUT2D eigenvalue weighted by molar-refractivity contribution is 0.144. The van der Waals surface area contributed by atoms with Gasteiger partial charge >= 0.3 is 6.16 Å². The average molecular weight is 349 g/mol. The first kappa shape index (κ1) is 17.2. The van der Waals surface area contributed by atoms with Gasteiger partial charge in [-0.2, -0.15) is 0 Å². The van der Waals surface area contributed by atoms with Crippen molar-refractivity contribution in [3.63, 3.8) is 0 Å². The Morgan fingerprint density at radius 2 is 2.24 bits per heavy atom. The van der Waals surface area contributed by atoms with Gasteiger partial charge in [0.25, 0.3) is 0 Å². The maximum absolute atomic E-state index is 14.7. The number of nitrogens with one attached hydrogen (secondary N) is 1. The van der Waals surface area contributed by atoms with Crippen LogP contribution in [-0.2, 0) is 6.54 Å². The summed E-state index contributed by atoms with van der Waals surface area (Å²) in [6.45, 7) is 6.45. The van der Waals surface area contributed by atoms with E-state index in [2.05, 4.69) is 10.1 Å². The molecule has 1 atom stereocenters. The van der Waals surface area contributed by atoms with Crippen LogP contribution >= 0.6 is 0 Å². The zero-order chi connectivity index (χ0) is 18.1. The second kappa shape index (κ2) is 6.72. The molecule has 7 nitrogen and oxygen atoms in total. The van der Waals surface area contributed by atoms with Gasteiger partial charge in [0.2, 0.25) is 5.43 Å². The van der Waals surface area contributed by atoms with E-state index in [4.69, 9.17) is 5.11 Å². The summed E-state index contributed by atoms with van der Waals surface area (Å²) in [5, 5.41) is 12.2. The summed E-state index contributed by atoms with van der Waals surface area (Å²) in [6, 6.07) is 3.06. The highest BCUT2D eigenvalue weighted by Gasteiger charge is 2.21. The molecule has 0 spiro atoms. The van der Waals surface area contributed by atoms with Crippen molar-refractivity contribution in [1.82, 2.24) is 9.88 Å². The van der Waals surface area contributed by atoms with E-state index >= 15 is 0 Å². The van der Waals surface area contributed by atoms with E-state index in [0.29, 0.717) is 30.8 Å². The van der Waals surface area contributed by atoms with Crippen LogP contribution in [0.25, 0.3) is 10.9 Å². The third-order valence-corrected chi connectivity index (χ3v) is 4.36. The molecule has 0 saturated carbocycles. The third kappa shape index (κ3) is 3.30. The smallest absolute Gasteiger partial charge is 0.449 e. The predicted molar refractivity (Wildman–Crippen MR) is 92.2 cm³/mol.